The lowest BCUT2D eigenvalue weighted by Crippen LogP contribution is -2.28. The van der Waals surface area contributed by atoms with Crippen molar-refractivity contribution in [2.24, 2.45) is 0 Å². The van der Waals surface area contributed by atoms with Gasteiger partial charge in [0.1, 0.15) is 6.61 Å². The zero-order valence-electron chi connectivity index (χ0n) is 17.0. The summed E-state index contributed by atoms with van der Waals surface area (Å²) in [5.74, 6) is 1.51. The molecule has 1 fully saturated rings. The fourth-order valence-electron chi connectivity index (χ4n) is 2.85. The van der Waals surface area contributed by atoms with Gasteiger partial charge >= 0.3 is 5.97 Å². The highest BCUT2D eigenvalue weighted by atomic mass is 35.5. The third-order valence-electron chi connectivity index (χ3n) is 4.34. The molecule has 0 aliphatic carbocycles. The molecule has 2 aromatic carbocycles. The van der Waals surface area contributed by atoms with Gasteiger partial charge in [0.2, 0.25) is 0 Å². The van der Waals surface area contributed by atoms with Gasteiger partial charge in [0.15, 0.2) is 11.5 Å². The second kappa shape index (κ2) is 10.3. The molecule has 0 unspecified atom stereocenters. The molecule has 164 valence electrons. The molecule has 0 aromatic heterocycles. The summed E-state index contributed by atoms with van der Waals surface area (Å²) in [6.07, 6.45) is 6.76. The highest BCUT2D eigenvalue weighted by Gasteiger charge is 2.34. The van der Waals surface area contributed by atoms with Crippen LogP contribution in [0.1, 0.15) is 28.4 Å². The predicted molar refractivity (Wildman–Crippen MR) is 122 cm³/mol. The summed E-state index contributed by atoms with van der Waals surface area (Å²) in [5.41, 5.74) is 1.49. The van der Waals surface area contributed by atoms with Gasteiger partial charge in [-0.1, -0.05) is 29.7 Å². The molecule has 0 bridgehead atoms. The van der Waals surface area contributed by atoms with E-state index in [-0.39, 0.29) is 28.6 Å². The number of rotatable bonds is 8. The molecule has 2 aromatic rings. The molecule has 32 heavy (non-hydrogen) atoms. The van der Waals surface area contributed by atoms with Crippen LogP contribution >= 0.6 is 23.4 Å². The number of hydrogen-bond acceptors (Lipinski definition) is 6. The number of carbonyl (C=O) groups is 3. The number of halogens is 1. The Labute approximate surface area is 193 Å². The first-order valence-corrected chi connectivity index (χ1v) is 10.6. The number of amides is 2. The van der Waals surface area contributed by atoms with E-state index in [1.807, 2.05) is 0 Å². The van der Waals surface area contributed by atoms with E-state index in [1.165, 1.54) is 12.1 Å². The number of hydrogen-bond donors (Lipinski definition) is 1. The van der Waals surface area contributed by atoms with Crippen LogP contribution in [0.3, 0.4) is 0 Å². The first kappa shape index (κ1) is 23.3. The van der Waals surface area contributed by atoms with Crippen LogP contribution in [0.5, 0.6) is 11.5 Å². The summed E-state index contributed by atoms with van der Waals surface area (Å²) in [6, 6.07) is 9.54. The van der Waals surface area contributed by atoms with Crippen molar-refractivity contribution in [1.82, 2.24) is 4.90 Å². The van der Waals surface area contributed by atoms with E-state index in [1.54, 1.807) is 37.3 Å². The normalized spacial score (nSPS) is 14.5. The van der Waals surface area contributed by atoms with Crippen molar-refractivity contribution in [3.63, 3.8) is 0 Å². The minimum atomic E-state index is -1.01. The van der Waals surface area contributed by atoms with Crippen LogP contribution in [0.4, 0.5) is 4.79 Å². The summed E-state index contributed by atoms with van der Waals surface area (Å²) in [7, 11) is 0. The third kappa shape index (κ3) is 5.25. The first-order chi connectivity index (χ1) is 15.3. The molecule has 0 spiro atoms. The van der Waals surface area contributed by atoms with E-state index in [2.05, 4.69) is 5.92 Å². The Bertz CT molecular complexity index is 1140. The van der Waals surface area contributed by atoms with Crippen molar-refractivity contribution < 1.29 is 29.0 Å². The molecule has 2 amide bonds. The summed E-state index contributed by atoms with van der Waals surface area (Å²) >= 11 is 7.23. The maximum Gasteiger partial charge on any atom is 0.335 e. The minimum absolute atomic E-state index is 0.0901. The Kier molecular flexibility index (Phi) is 7.46. The number of carboxylic acid groups (broad SMARTS) is 1. The van der Waals surface area contributed by atoms with Crippen LogP contribution in [-0.4, -0.2) is 40.3 Å². The van der Waals surface area contributed by atoms with Gasteiger partial charge < -0.3 is 14.6 Å². The van der Waals surface area contributed by atoms with E-state index >= 15 is 0 Å². The monoisotopic (exact) mass is 471 g/mol. The highest BCUT2D eigenvalue weighted by Crippen LogP contribution is 2.39. The van der Waals surface area contributed by atoms with Gasteiger partial charge in [-0.15, -0.1) is 6.42 Å². The van der Waals surface area contributed by atoms with Gasteiger partial charge in [0.05, 0.1) is 28.6 Å². The van der Waals surface area contributed by atoms with Crippen LogP contribution < -0.4 is 9.47 Å². The van der Waals surface area contributed by atoms with Gasteiger partial charge in [-0.2, -0.15) is 0 Å². The number of terminal acetylenes is 1. The molecule has 1 saturated heterocycles. The third-order valence-corrected chi connectivity index (χ3v) is 5.52. The molecule has 1 aliphatic heterocycles. The second-order valence-corrected chi connectivity index (χ2v) is 7.93. The first-order valence-electron chi connectivity index (χ1n) is 9.44. The molecule has 0 radical (unpaired) electrons. The van der Waals surface area contributed by atoms with Gasteiger partial charge in [-0.05, 0) is 60.2 Å². The lowest BCUT2D eigenvalue weighted by molar-refractivity contribution is -0.122. The summed E-state index contributed by atoms with van der Waals surface area (Å²) < 4.78 is 11.5. The second-order valence-electron chi connectivity index (χ2n) is 6.53. The van der Waals surface area contributed by atoms with Crippen LogP contribution in [0.2, 0.25) is 5.02 Å². The van der Waals surface area contributed by atoms with E-state index in [4.69, 9.17) is 32.6 Å². The predicted octanol–water partition coefficient (Wildman–Crippen LogP) is 4.69. The quantitative estimate of drug-likeness (QED) is 0.441. The summed E-state index contributed by atoms with van der Waals surface area (Å²) in [6.45, 7) is 2.21. The zero-order chi connectivity index (χ0) is 23.3. The van der Waals surface area contributed by atoms with Crippen LogP contribution in [-0.2, 0) is 11.4 Å². The number of carboxylic acids is 1. The molecule has 1 N–H and O–H groups in total. The molecule has 3 rings (SSSR count). The Hall–Kier alpha value is -3.41. The smallest absolute Gasteiger partial charge is 0.335 e. The summed E-state index contributed by atoms with van der Waals surface area (Å²) in [4.78, 5) is 36.6. The maximum atomic E-state index is 12.4. The lowest BCUT2D eigenvalue weighted by Gasteiger charge is -2.15. The molecule has 7 nitrogen and oxygen atoms in total. The van der Waals surface area contributed by atoms with Gasteiger partial charge in [-0.3, -0.25) is 14.5 Å². The fraction of sp³-hybridized carbons (Fsp3) is 0.174. The van der Waals surface area contributed by atoms with Crippen molar-refractivity contribution in [3.05, 3.63) is 63.0 Å². The number of thioether (sulfide) groups is 1. The fourth-order valence-corrected chi connectivity index (χ4v) is 3.96. The Morgan fingerprint density at radius 2 is 1.97 bits per heavy atom. The van der Waals surface area contributed by atoms with E-state index < -0.39 is 17.1 Å². The molecule has 9 heteroatoms. The van der Waals surface area contributed by atoms with E-state index in [0.717, 1.165) is 22.2 Å². The van der Waals surface area contributed by atoms with E-state index in [0.29, 0.717) is 23.7 Å². The minimum Gasteiger partial charge on any atom is -0.490 e. The number of carbonyl (C=O) groups excluding carboxylic acids is 2. The number of imide groups is 1. The van der Waals surface area contributed by atoms with Crippen molar-refractivity contribution in [2.75, 3.05) is 13.2 Å². The number of aromatic carboxylic acids is 1. The topological polar surface area (TPSA) is 93.1 Å². The standard InChI is InChI=1S/C23H18ClNO6S/c1-3-9-25-21(26)19(32-23(25)29)12-15-10-17(24)20(18(11-15)30-4-2)31-13-14-5-7-16(8-6-14)22(27)28/h1,5-8,10-12H,4,9,13H2,2H3,(H,27,28). The van der Waals surface area contributed by atoms with Crippen molar-refractivity contribution in [3.8, 4) is 23.8 Å². The molecular weight excluding hydrogens is 454 g/mol. The Morgan fingerprint density at radius 1 is 1.25 bits per heavy atom. The maximum absolute atomic E-state index is 12.4. The average Bonchev–Trinajstić information content (AvgIpc) is 3.01. The molecule has 0 saturated carbocycles. The SMILES string of the molecule is C#CCN1C(=O)SC(=Cc2cc(Cl)c(OCc3ccc(C(=O)O)cc3)c(OCC)c2)C1=O. The van der Waals surface area contributed by atoms with Crippen LogP contribution in [0, 0.1) is 12.3 Å². The number of benzene rings is 2. The highest BCUT2D eigenvalue weighted by molar-refractivity contribution is 8.18. The largest absolute Gasteiger partial charge is 0.490 e. The Balaban J connectivity index is 1.83. The van der Waals surface area contributed by atoms with Crippen molar-refractivity contribution >= 4 is 46.6 Å². The molecule has 1 aliphatic rings. The van der Waals surface area contributed by atoms with Crippen LogP contribution in [0.15, 0.2) is 41.3 Å². The molecule has 0 atom stereocenters. The van der Waals surface area contributed by atoms with Crippen molar-refractivity contribution in [2.45, 2.75) is 13.5 Å². The van der Waals surface area contributed by atoms with Crippen LogP contribution in [0.25, 0.3) is 6.08 Å². The molecule has 1 heterocycles. The van der Waals surface area contributed by atoms with Crippen molar-refractivity contribution in [1.29, 1.82) is 0 Å². The zero-order valence-corrected chi connectivity index (χ0v) is 18.5. The van der Waals surface area contributed by atoms with Gasteiger partial charge in [-0.25, -0.2) is 4.79 Å². The summed E-state index contributed by atoms with van der Waals surface area (Å²) in [5, 5.41) is 8.82. The van der Waals surface area contributed by atoms with Gasteiger partial charge in [0.25, 0.3) is 11.1 Å². The number of ether oxygens (including phenoxy) is 2. The number of nitrogens with zero attached hydrogens (tertiary/aromatic N) is 1. The molecular formula is C23H18ClNO6S. The Morgan fingerprint density at radius 3 is 2.59 bits per heavy atom. The average molecular weight is 472 g/mol. The van der Waals surface area contributed by atoms with E-state index in [9.17, 15) is 14.4 Å². The van der Waals surface area contributed by atoms with Gasteiger partial charge in [0, 0.05) is 0 Å². The lowest BCUT2D eigenvalue weighted by atomic mass is 10.1.